The Bertz CT molecular complexity index is 1390. The number of thiophene rings is 1. The van der Waals surface area contributed by atoms with Crippen LogP contribution in [0.25, 0.3) is 33.1 Å². The number of carbonyl (C=O) groups is 1. The third kappa shape index (κ3) is 2.52. The zero-order chi connectivity index (χ0) is 19.3. The molecule has 136 valence electrons. The van der Waals surface area contributed by atoms with Gasteiger partial charge in [-0.3, -0.25) is 4.79 Å². The van der Waals surface area contributed by atoms with Gasteiger partial charge in [-0.15, -0.1) is 11.3 Å². The highest BCUT2D eigenvalue weighted by Gasteiger charge is 2.26. The Morgan fingerprint density at radius 1 is 0.964 bits per heavy atom. The first-order valence-corrected chi connectivity index (χ1v) is 9.65. The second-order valence-electron chi connectivity index (χ2n) is 6.54. The van der Waals surface area contributed by atoms with E-state index in [0.717, 1.165) is 16.5 Å². The topological polar surface area (TPSA) is 60.4 Å². The lowest BCUT2D eigenvalue weighted by Gasteiger charge is -2.05. The number of rotatable bonds is 3. The number of benzene rings is 2. The number of hydrogen-bond donors (Lipinski definition) is 0. The Kier molecular flexibility index (Phi) is 3.77. The molecule has 0 aliphatic heterocycles. The van der Waals surface area contributed by atoms with Gasteiger partial charge in [0.05, 0.1) is 10.3 Å². The lowest BCUT2D eigenvalue weighted by Crippen LogP contribution is -1.99. The van der Waals surface area contributed by atoms with Crippen LogP contribution in [-0.4, -0.2) is 5.78 Å². The van der Waals surface area contributed by atoms with Crippen molar-refractivity contribution in [2.75, 3.05) is 0 Å². The predicted molar refractivity (Wildman–Crippen MR) is 110 cm³/mol. The van der Waals surface area contributed by atoms with E-state index in [1.807, 2.05) is 60.8 Å². The molecule has 0 bridgehead atoms. The lowest BCUT2D eigenvalue weighted by atomic mass is 9.98. The summed E-state index contributed by atoms with van der Waals surface area (Å²) in [6.45, 7) is 1.87. The molecule has 3 heterocycles. The minimum atomic E-state index is -0.427. The van der Waals surface area contributed by atoms with Crippen LogP contribution >= 0.6 is 11.3 Å². The van der Waals surface area contributed by atoms with E-state index in [1.165, 1.54) is 17.4 Å². The molecule has 0 spiro atoms. The molecule has 3 aromatic heterocycles. The molecule has 0 fully saturated rings. The third-order valence-corrected chi connectivity index (χ3v) is 5.65. The van der Waals surface area contributed by atoms with Crippen molar-refractivity contribution in [1.29, 1.82) is 0 Å². The molecule has 2 aromatic carbocycles. The fraction of sp³-hybridized carbons (Fsp3) is 0.0435. The Morgan fingerprint density at radius 2 is 1.79 bits per heavy atom. The molecule has 0 aliphatic rings. The van der Waals surface area contributed by atoms with Gasteiger partial charge in [-0.1, -0.05) is 36.4 Å². The maximum absolute atomic E-state index is 13.2. The van der Waals surface area contributed by atoms with Crippen LogP contribution in [0.4, 0.5) is 0 Å². The molecule has 0 saturated carbocycles. The molecule has 0 amide bonds. The van der Waals surface area contributed by atoms with Crippen LogP contribution < -0.4 is 5.63 Å². The summed E-state index contributed by atoms with van der Waals surface area (Å²) in [5.74, 6) is 0.0634. The van der Waals surface area contributed by atoms with Crippen molar-refractivity contribution >= 4 is 39.1 Å². The van der Waals surface area contributed by atoms with E-state index in [4.69, 9.17) is 8.83 Å². The highest BCUT2D eigenvalue weighted by molar-refractivity contribution is 7.12. The highest BCUT2D eigenvalue weighted by Crippen LogP contribution is 2.40. The standard InChI is InChI=1S/C23H14O4S/c1-13-12-18(24)27-22-15(13)9-10-16-20(22)19(14-6-3-2-4-7-14)23(26-16)21(25)17-8-5-11-28-17/h2-12H,1H3. The van der Waals surface area contributed by atoms with Crippen LogP contribution in [0.3, 0.4) is 0 Å². The Hall–Kier alpha value is -3.44. The van der Waals surface area contributed by atoms with Gasteiger partial charge in [0, 0.05) is 17.0 Å². The highest BCUT2D eigenvalue weighted by atomic mass is 32.1. The molecule has 28 heavy (non-hydrogen) atoms. The van der Waals surface area contributed by atoms with E-state index < -0.39 is 5.63 Å². The summed E-state index contributed by atoms with van der Waals surface area (Å²) in [5, 5.41) is 3.32. The first-order chi connectivity index (χ1) is 13.6. The van der Waals surface area contributed by atoms with Gasteiger partial charge in [0.2, 0.25) is 5.78 Å². The van der Waals surface area contributed by atoms with Crippen molar-refractivity contribution in [2.24, 2.45) is 0 Å². The molecule has 5 rings (SSSR count). The average molecular weight is 386 g/mol. The van der Waals surface area contributed by atoms with Gasteiger partial charge >= 0.3 is 5.63 Å². The molecular formula is C23H14O4S. The van der Waals surface area contributed by atoms with Crippen molar-refractivity contribution in [3.63, 3.8) is 0 Å². The van der Waals surface area contributed by atoms with Crippen LogP contribution in [-0.2, 0) is 0 Å². The zero-order valence-electron chi connectivity index (χ0n) is 14.9. The number of aryl methyl sites for hydroxylation is 1. The van der Waals surface area contributed by atoms with Gasteiger partial charge in [-0.25, -0.2) is 4.79 Å². The summed E-state index contributed by atoms with van der Waals surface area (Å²) in [4.78, 5) is 25.8. The van der Waals surface area contributed by atoms with Crippen molar-refractivity contribution in [3.8, 4) is 11.1 Å². The first kappa shape index (κ1) is 16.7. The molecular weight excluding hydrogens is 372 g/mol. The van der Waals surface area contributed by atoms with Gasteiger partial charge in [0.15, 0.2) is 5.76 Å². The number of furan rings is 1. The van der Waals surface area contributed by atoms with Crippen molar-refractivity contribution in [3.05, 3.63) is 92.7 Å². The van der Waals surface area contributed by atoms with E-state index in [-0.39, 0.29) is 11.5 Å². The van der Waals surface area contributed by atoms with Gasteiger partial charge in [0.1, 0.15) is 11.2 Å². The molecule has 0 N–H and O–H groups in total. The van der Waals surface area contributed by atoms with Gasteiger partial charge in [-0.2, -0.15) is 0 Å². The number of ketones is 1. The molecule has 5 heteroatoms. The minimum absolute atomic E-state index is 0.187. The van der Waals surface area contributed by atoms with Gasteiger partial charge in [-0.05, 0) is 41.6 Å². The summed E-state index contributed by atoms with van der Waals surface area (Å²) in [7, 11) is 0. The molecule has 5 aromatic rings. The SMILES string of the molecule is Cc1cc(=O)oc2c1ccc1oc(C(=O)c3cccs3)c(-c3ccccc3)c12. The van der Waals surface area contributed by atoms with Crippen molar-refractivity contribution < 1.29 is 13.6 Å². The summed E-state index contributed by atoms with van der Waals surface area (Å²) < 4.78 is 11.6. The third-order valence-electron chi connectivity index (χ3n) is 4.78. The summed E-state index contributed by atoms with van der Waals surface area (Å²) in [5.41, 5.74) is 2.82. The van der Waals surface area contributed by atoms with Crippen LogP contribution in [0.2, 0.25) is 0 Å². The largest absolute Gasteiger partial charge is 0.452 e. The van der Waals surface area contributed by atoms with E-state index in [2.05, 4.69) is 0 Å². The minimum Gasteiger partial charge on any atom is -0.452 e. The van der Waals surface area contributed by atoms with Crippen LogP contribution in [0.5, 0.6) is 0 Å². The summed E-state index contributed by atoms with van der Waals surface area (Å²) in [6, 6.07) is 18.3. The van der Waals surface area contributed by atoms with E-state index in [0.29, 0.717) is 27.0 Å². The van der Waals surface area contributed by atoms with Gasteiger partial charge in [0.25, 0.3) is 0 Å². The fourth-order valence-corrected chi connectivity index (χ4v) is 4.18. The number of carbonyl (C=O) groups excluding carboxylic acids is 1. The van der Waals surface area contributed by atoms with Crippen LogP contribution in [0, 0.1) is 6.92 Å². The van der Waals surface area contributed by atoms with Crippen LogP contribution in [0.15, 0.2) is 79.7 Å². The summed E-state index contributed by atoms with van der Waals surface area (Å²) >= 11 is 1.37. The molecule has 0 atom stereocenters. The summed E-state index contributed by atoms with van der Waals surface area (Å²) in [6.07, 6.45) is 0. The molecule has 0 aliphatic carbocycles. The normalized spacial score (nSPS) is 11.3. The maximum Gasteiger partial charge on any atom is 0.336 e. The predicted octanol–water partition coefficient (Wildman–Crippen LogP) is 5.81. The Morgan fingerprint density at radius 3 is 2.54 bits per heavy atom. The van der Waals surface area contributed by atoms with Gasteiger partial charge < -0.3 is 8.83 Å². The average Bonchev–Trinajstić information content (AvgIpc) is 3.36. The zero-order valence-corrected chi connectivity index (χ0v) is 15.7. The van der Waals surface area contributed by atoms with Crippen molar-refractivity contribution in [2.45, 2.75) is 6.92 Å². The smallest absolute Gasteiger partial charge is 0.336 e. The second-order valence-corrected chi connectivity index (χ2v) is 7.49. The number of hydrogen-bond acceptors (Lipinski definition) is 5. The quantitative estimate of drug-likeness (QED) is 0.290. The molecule has 0 saturated heterocycles. The lowest BCUT2D eigenvalue weighted by molar-refractivity contribution is 0.102. The fourth-order valence-electron chi connectivity index (χ4n) is 3.52. The number of fused-ring (bicyclic) bond motifs is 3. The van der Waals surface area contributed by atoms with Crippen molar-refractivity contribution in [1.82, 2.24) is 0 Å². The van der Waals surface area contributed by atoms with E-state index >= 15 is 0 Å². The van der Waals surface area contributed by atoms with E-state index in [1.54, 1.807) is 6.07 Å². The second kappa shape index (κ2) is 6.32. The monoisotopic (exact) mass is 386 g/mol. The first-order valence-electron chi connectivity index (χ1n) is 8.77. The maximum atomic E-state index is 13.2. The molecule has 4 nitrogen and oxygen atoms in total. The van der Waals surface area contributed by atoms with E-state index in [9.17, 15) is 9.59 Å². The van der Waals surface area contributed by atoms with Crippen LogP contribution in [0.1, 0.15) is 21.0 Å². The Labute approximate surface area is 163 Å². The Balaban J connectivity index is 1.95. The molecule has 0 radical (unpaired) electrons. The molecule has 0 unspecified atom stereocenters.